The van der Waals surface area contributed by atoms with Crippen LogP contribution in [0.3, 0.4) is 0 Å². The first-order chi connectivity index (χ1) is 16.4. The molecule has 1 aromatic carbocycles. The number of sulfonamides is 1. The minimum atomic E-state index is -3.63. The van der Waals surface area contributed by atoms with Crippen molar-refractivity contribution in [3.05, 3.63) is 18.2 Å². The average Bonchev–Trinajstić information content (AvgIpc) is 3.40. The number of nitrogens with zero attached hydrogens (tertiary/aromatic N) is 4. The zero-order valence-corrected chi connectivity index (χ0v) is 21.1. The number of fused-ring (bicyclic) bond motifs is 3. The van der Waals surface area contributed by atoms with E-state index in [9.17, 15) is 18.0 Å². The molecule has 2 saturated heterocycles. The molecule has 0 aliphatic carbocycles. The molecule has 2 fully saturated rings. The van der Waals surface area contributed by atoms with Crippen molar-refractivity contribution in [2.24, 2.45) is 0 Å². The van der Waals surface area contributed by atoms with E-state index in [2.05, 4.69) is 29.0 Å². The van der Waals surface area contributed by atoms with Crippen LogP contribution in [0.4, 0.5) is 11.4 Å². The van der Waals surface area contributed by atoms with E-state index in [1.54, 1.807) is 12.1 Å². The molecular formula is C24H37N5O4S. The molecule has 10 heteroatoms. The second kappa shape index (κ2) is 10.6. The van der Waals surface area contributed by atoms with E-state index in [-0.39, 0.29) is 29.3 Å². The van der Waals surface area contributed by atoms with Crippen LogP contribution < -0.4 is 15.1 Å². The molecule has 4 rings (SSSR count). The smallest absolute Gasteiger partial charge is 0.250 e. The van der Waals surface area contributed by atoms with Crippen LogP contribution >= 0.6 is 0 Å². The van der Waals surface area contributed by atoms with Gasteiger partial charge >= 0.3 is 0 Å². The maximum atomic E-state index is 13.5. The highest BCUT2D eigenvalue weighted by atomic mass is 32.2. The van der Waals surface area contributed by atoms with E-state index in [4.69, 9.17) is 0 Å². The third kappa shape index (κ3) is 4.94. The minimum Gasteiger partial charge on any atom is -0.358 e. The monoisotopic (exact) mass is 491 g/mol. The van der Waals surface area contributed by atoms with Gasteiger partial charge in [-0.05, 0) is 63.4 Å². The number of likely N-dealkylation sites (N-methyl/N-ethyl adjacent to an activating group) is 1. The van der Waals surface area contributed by atoms with Gasteiger partial charge in [0, 0.05) is 32.7 Å². The van der Waals surface area contributed by atoms with Crippen LogP contribution in [0, 0.1) is 0 Å². The predicted octanol–water partition coefficient (Wildman–Crippen LogP) is 1.63. The largest absolute Gasteiger partial charge is 0.358 e. The van der Waals surface area contributed by atoms with Gasteiger partial charge in [0.15, 0.2) is 0 Å². The van der Waals surface area contributed by atoms with Crippen molar-refractivity contribution in [3.63, 3.8) is 0 Å². The fourth-order valence-corrected chi connectivity index (χ4v) is 6.77. The molecule has 34 heavy (non-hydrogen) atoms. The van der Waals surface area contributed by atoms with Crippen LogP contribution in [-0.2, 0) is 19.6 Å². The number of carbonyl (C=O) groups excluding carboxylic acids is 2. The Morgan fingerprint density at radius 2 is 1.76 bits per heavy atom. The van der Waals surface area contributed by atoms with Crippen LogP contribution in [0.2, 0.25) is 0 Å². The van der Waals surface area contributed by atoms with E-state index >= 15 is 0 Å². The van der Waals surface area contributed by atoms with E-state index in [1.807, 2.05) is 6.07 Å². The van der Waals surface area contributed by atoms with Gasteiger partial charge in [-0.3, -0.25) is 14.5 Å². The molecule has 0 spiro atoms. The van der Waals surface area contributed by atoms with Crippen molar-refractivity contribution < 1.29 is 18.0 Å². The lowest BCUT2D eigenvalue weighted by Gasteiger charge is -2.45. The van der Waals surface area contributed by atoms with Gasteiger partial charge in [0.2, 0.25) is 21.8 Å². The molecule has 9 nitrogen and oxygen atoms in total. The van der Waals surface area contributed by atoms with E-state index in [0.717, 1.165) is 64.0 Å². The van der Waals surface area contributed by atoms with Gasteiger partial charge in [-0.2, -0.15) is 4.31 Å². The Kier molecular flexibility index (Phi) is 7.79. The number of piperidine rings is 1. The quantitative estimate of drug-likeness (QED) is 0.565. The van der Waals surface area contributed by atoms with Gasteiger partial charge in [-0.25, -0.2) is 8.42 Å². The van der Waals surface area contributed by atoms with Crippen LogP contribution in [0.15, 0.2) is 23.1 Å². The van der Waals surface area contributed by atoms with Crippen molar-refractivity contribution in [1.82, 2.24) is 14.5 Å². The Morgan fingerprint density at radius 1 is 1.06 bits per heavy atom. The zero-order valence-electron chi connectivity index (χ0n) is 20.3. The second-order valence-corrected chi connectivity index (χ2v) is 11.2. The summed E-state index contributed by atoms with van der Waals surface area (Å²) in [5.41, 5.74) is 1.35. The van der Waals surface area contributed by atoms with Crippen molar-refractivity contribution in [2.75, 3.05) is 62.2 Å². The summed E-state index contributed by atoms with van der Waals surface area (Å²) in [4.78, 5) is 32.3. The summed E-state index contributed by atoms with van der Waals surface area (Å²) >= 11 is 0. The molecule has 0 radical (unpaired) electrons. The van der Waals surface area contributed by atoms with E-state index in [1.165, 1.54) is 9.21 Å². The zero-order chi connectivity index (χ0) is 24.3. The Labute approximate surface area is 203 Å². The molecule has 2 amide bonds. The summed E-state index contributed by atoms with van der Waals surface area (Å²) in [6.45, 7) is 8.93. The van der Waals surface area contributed by atoms with Gasteiger partial charge in [0.25, 0.3) is 0 Å². The van der Waals surface area contributed by atoms with Crippen LogP contribution in [0.1, 0.15) is 46.0 Å². The Balaban J connectivity index is 1.60. The first-order valence-corrected chi connectivity index (χ1v) is 14.0. The summed E-state index contributed by atoms with van der Waals surface area (Å²) in [5, 5.41) is 2.93. The van der Waals surface area contributed by atoms with Crippen molar-refractivity contribution >= 4 is 33.2 Å². The number of hydrogen-bond acceptors (Lipinski definition) is 6. The lowest BCUT2D eigenvalue weighted by Crippen LogP contribution is -2.57. The molecule has 0 saturated carbocycles. The molecule has 1 atom stereocenters. The van der Waals surface area contributed by atoms with Gasteiger partial charge in [-0.1, -0.05) is 13.8 Å². The lowest BCUT2D eigenvalue weighted by molar-refractivity contribution is -0.125. The number of nitrogens with one attached hydrogen (secondary N) is 1. The summed E-state index contributed by atoms with van der Waals surface area (Å²) in [5.74, 6) is -0.356. The van der Waals surface area contributed by atoms with Crippen molar-refractivity contribution in [2.45, 2.75) is 56.9 Å². The molecule has 3 aliphatic rings. The molecule has 0 unspecified atom stereocenters. The molecular weight excluding hydrogens is 454 g/mol. The fraction of sp³-hybridized carbons (Fsp3) is 0.667. The third-order valence-corrected chi connectivity index (χ3v) is 9.14. The second-order valence-electron chi connectivity index (χ2n) is 9.27. The van der Waals surface area contributed by atoms with Gasteiger partial charge < -0.3 is 15.1 Å². The summed E-state index contributed by atoms with van der Waals surface area (Å²) < 4.78 is 27.9. The normalized spacial score (nSPS) is 21.0. The summed E-state index contributed by atoms with van der Waals surface area (Å²) in [6.07, 6.45) is 4.42. The van der Waals surface area contributed by atoms with Gasteiger partial charge in [0.1, 0.15) is 12.6 Å². The number of carbonyl (C=O) groups is 2. The lowest BCUT2D eigenvalue weighted by atomic mass is 9.96. The SMILES string of the molecule is CCN(CC)CCNC(=O)CN1C(=O)[C@@H]2CCCCN2c2ccc(S(=O)(=O)N3CCCC3)cc21. The number of anilines is 2. The van der Waals surface area contributed by atoms with E-state index < -0.39 is 10.0 Å². The highest BCUT2D eigenvalue weighted by Gasteiger charge is 2.41. The molecule has 0 bridgehead atoms. The molecule has 1 N–H and O–H groups in total. The maximum absolute atomic E-state index is 13.5. The van der Waals surface area contributed by atoms with Crippen LogP contribution in [-0.4, -0.2) is 87.8 Å². The Morgan fingerprint density at radius 3 is 2.47 bits per heavy atom. The molecule has 3 heterocycles. The summed E-state index contributed by atoms with van der Waals surface area (Å²) in [6, 6.07) is 4.75. The number of benzene rings is 1. The molecule has 1 aromatic rings. The highest BCUT2D eigenvalue weighted by Crippen LogP contribution is 2.41. The number of rotatable bonds is 9. The van der Waals surface area contributed by atoms with Crippen molar-refractivity contribution in [3.8, 4) is 0 Å². The Hall–Kier alpha value is -2.17. The highest BCUT2D eigenvalue weighted by molar-refractivity contribution is 7.89. The van der Waals surface area contributed by atoms with E-state index in [0.29, 0.717) is 25.3 Å². The maximum Gasteiger partial charge on any atom is 0.250 e. The molecule has 3 aliphatic heterocycles. The fourth-order valence-electron chi connectivity index (χ4n) is 5.23. The standard InChI is InChI=1S/C24H37N5O4S/c1-3-26(4-2)16-12-25-23(30)18-29-22-17-19(34(32,33)27-13-7-8-14-27)10-11-20(22)28-15-6-5-9-21(28)24(29)31/h10-11,17,21H,3-9,12-16,18H2,1-2H3,(H,25,30)/t21-/m0/s1. The number of hydrogen-bond donors (Lipinski definition) is 1. The first kappa shape index (κ1) is 24.9. The van der Waals surface area contributed by atoms with Gasteiger partial charge in [0.05, 0.1) is 16.3 Å². The first-order valence-electron chi connectivity index (χ1n) is 12.6. The number of amides is 2. The van der Waals surface area contributed by atoms with Crippen molar-refractivity contribution in [1.29, 1.82) is 0 Å². The molecule has 0 aromatic heterocycles. The Bertz CT molecular complexity index is 1000. The van der Waals surface area contributed by atoms with Gasteiger partial charge in [-0.15, -0.1) is 0 Å². The third-order valence-electron chi connectivity index (χ3n) is 7.25. The van der Waals surface area contributed by atoms with Crippen LogP contribution in [0.5, 0.6) is 0 Å². The minimum absolute atomic E-state index is 0.109. The average molecular weight is 492 g/mol. The molecule has 188 valence electrons. The van der Waals surface area contributed by atoms with Crippen LogP contribution in [0.25, 0.3) is 0 Å². The summed E-state index contributed by atoms with van der Waals surface area (Å²) in [7, 11) is -3.63. The predicted molar refractivity (Wildman–Crippen MR) is 133 cm³/mol. The topological polar surface area (TPSA) is 93.3 Å².